The molecule has 0 aromatic carbocycles. The highest BCUT2D eigenvalue weighted by Crippen LogP contribution is 1.88. The second-order valence-corrected chi connectivity index (χ2v) is 2.79. The molecule has 0 unspecified atom stereocenters. The van der Waals surface area contributed by atoms with Gasteiger partial charge in [-0.05, 0) is 6.42 Å². The molecule has 5 nitrogen and oxygen atoms in total. The van der Waals surface area contributed by atoms with Gasteiger partial charge in [0.2, 0.25) is 5.78 Å². The number of rotatable bonds is 7. The molecule has 0 radical (unpaired) electrons. The van der Waals surface area contributed by atoms with E-state index < -0.39 is 17.7 Å². The van der Waals surface area contributed by atoms with Crippen molar-refractivity contribution in [1.29, 1.82) is 0 Å². The van der Waals surface area contributed by atoms with Gasteiger partial charge in [-0.25, -0.2) is 9.59 Å². The smallest absolute Gasteiger partial charge is 0.374 e. The molecule has 0 aromatic rings. The Morgan fingerprint density at radius 2 is 1.81 bits per heavy atom. The lowest BCUT2D eigenvalue weighted by molar-refractivity contribution is -0.155. The van der Waals surface area contributed by atoms with Crippen molar-refractivity contribution in [3.8, 4) is 0 Å². The largest absolute Gasteiger partial charge is 0.459 e. The third kappa shape index (κ3) is 7.49. The van der Waals surface area contributed by atoms with E-state index in [1.165, 1.54) is 6.08 Å². The standard InChI is InChI=1S/C11H14O5/c1-3-4-5-6-10(13)15-7-8-16-11(14)9(2)12/h3,5-6H,1,4,7-8H2,2H3/b6-5+. The summed E-state index contributed by atoms with van der Waals surface area (Å²) in [6.07, 6.45) is 5.07. The molecule has 0 fully saturated rings. The molecule has 88 valence electrons. The molecule has 0 bridgehead atoms. The Morgan fingerprint density at radius 3 is 2.38 bits per heavy atom. The minimum atomic E-state index is -0.932. The summed E-state index contributed by atoms with van der Waals surface area (Å²) in [6.45, 7) is 4.38. The molecule has 0 spiro atoms. The molecule has 0 aliphatic heterocycles. The number of hydrogen-bond acceptors (Lipinski definition) is 5. The van der Waals surface area contributed by atoms with Crippen LogP contribution in [0.25, 0.3) is 0 Å². The van der Waals surface area contributed by atoms with E-state index in [1.54, 1.807) is 12.2 Å². The number of carbonyl (C=O) groups excluding carboxylic acids is 3. The summed E-state index contributed by atoms with van der Waals surface area (Å²) in [6, 6.07) is 0. The summed E-state index contributed by atoms with van der Waals surface area (Å²) >= 11 is 0. The molecule has 16 heavy (non-hydrogen) atoms. The molecular weight excluding hydrogens is 212 g/mol. The van der Waals surface area contributed by atoms with Crippen molar-refractivity contribution < 1.29 is 23.9 Å². The zero-order valence-corrected chi connectivity index (χ0v) is 9.10. The maximum atomic E-state index is 10.9. The van der Waals surface area contributed by atoms with Crippen molar-refractivity contribution in [1.82, 2.24) is 0 Å². The second-order valence-electron chi connectivity index (χ2n) is 2.79. The number of esters is 2. The summed E-state index contributed by atoms with van der Waals surface area (Å²) in [7, 11) is 0. The molecule has 0 heterocycles. The van der Waals surface area contributed by atoms with E-state index in [0.29, 0.717) is 6.42 Å². The monoisotopic (exact) mass is 226 g/mol. The van der Waals surface area contributed by atoms with Gasteiger partial charge in [-0.3, -0.25) is 4.79 Å². The van der Waals surface area contributed by atoms with Gasteiger partial charge in [-0.2, -0.15) is 0 Å². The van der Waals surface area contributed by atoms with E-state index >= 15 is 0 Å². The highest BCUT2D eigenvalue weighted by molar-refractivity contribution is 6.32. The van der Waals surface area contributed by atoms with Gasteiger partial charge in [0, 0.05) is 13.0 Å². The van der Waals surface area contributed by atoms with Crippen molar-refractivity contribution in [3.63, 3.8) is 0 Å². The molecule has 0 saturated heterocycles. The average Bonchev–Trinajstić information content (AvgIpc) is 2.24. The summed E-state index contributed by atoms with van der Waals surface area (Å²) < 4.78 is 9.14. The minimum absolute atomic E-state index is 0.0731. The molecule has 0 atom stereocenters. The molecule has 0 aliphatic rings. The van der Waals surface area contributed by atoms with Gasteiger partial charge in [0.25, 0.3) is 0 Å². The van der Waals surface area contributed by atoms with Crippen molar-refractivity contribution in [2.75, 3.05) is 13.2 Å². The van der Waals surface area contributed by atoms with Crippen molar-refractivity contribution in [3.05, 3.63) is 24.8 Å². The first kappa shape index (κ1) is 14.1. The van der Waals surface area contributed by atoms with Gasteiger partial charge in [-0.1, -0.05) is 12.2 Å². The Labute approximate surface area is 93.7 Å². The van der Waals surface area contributed by atoms with Crippen LogP contribution in [-0.4, -0.2) is 30.9 Å². The maximum Gasteiger partial charge on any atom is 0.374 e. The van der Waals surface area contributed by atoms with Crippen molar-refractivity contribution in [2.45, 2.75) is 13.3 Å². The number of allylic oxidation sites excluding steroid dienone is 2. The van der Waals surface area contributed by atoms with Gasteiger partial charge >= 0.3 is 11.9 Å². The van der Waals surface area contributed by atoms with Crippen molar-refractivity contribution >= 4 is 17.7 Å². The quantitative estimate of drug-likeness (QED) is 0.211. The van der Waals surface area contributed by atoms with E-state index in [1.807, 2.05) is 0 Å². The van der Waals surface area contributed by atoms with Gasteiger partial charge in [0.05, 0.1) is 0 Å². The van der Waals surface area contributed by atoms with Crippen LogP contribution in [-0.2, 0) is 23.9 Å². The predicted molar refractivity (Wildman–Crippen MR) is 56.6 cm³/mol. The lowest BCUT2D eigenvalue weighted by Crippen LogP contribution is -2.17. The molecule has 0 aliphatic carbocycles. The first-order valence-electron chi connectivity index (χ1n) is 4.69. The van der Waals surface area contributed by atoms with E-state index in [9.17, 15) is 14.4 Å². The Hall–Kier alpha value is -1.91. The lowest BCUT2D eigenvalue weighted by Gasteiger charge is -2.02. The van der Waals surface area contributed by atoms with Gasteiger partial charge in [0.15, 0.2) is 0 Å². The molecule has 0 rings (SSSR count). The fourth-order valence-corrected chi connectivity index (χ4v) is 0.687. The second kappa shape index (κ2) is 8.40. The van der Waals surface area contributed by atoms with Crippen molar-refractivity contribution in [2.24, 2.45) is 0 Å². The van der Waals surface area contributed by atoms with Crippen LogP contribution in [0.4, 0.5) is 0 Å². The zero-order chi connectivity index (χ0) is 12.4. The van der Waals surface area contributed by atoms with Crippen LogP contribution in [0.1, 0.15) is 13.3 Å². The average molecular weight is 226 g/mol. The Balaban J connectivity index is 3.59. The van der Waals surface area contributed by atoms with Gasteiger partial charge in [0.1, 0.15) is 13.2 Å². The Morgan fingerprint density at radius 1 is 1.19 bits per heavy atom. The summed E-state index contributed by atoms with van der Waals surface area (Å²) in [4.78, 5) is 32.1. The van der Waals surface area contributed by atoms with Crippen LogP contribution >= 0.6 is 0 Å². The van der Waals surface area contributed by atoms with Crippen LogP contribution in [0.2, 0.25) is 0 Å². The number of Topliss-reactive ketones (excluding diaryl/α,β-unsaturated/α-hetero) is 1. The topological polar surface area (TPSA) is 69.7 Å². The van der Waals surface area contributed by atoms with Gasteiger partial charge in [-0.15, -0.1) is 6.58 Å². The number of carbonyl (C=O) groups is 3. The van der Waals surface area contributed by atoms with Crippen LogP contribution in [0.5, 0.6) is 0 Å². The summed E-state index contributed by atoms with van der Waals surface area (Å²) in [5, 5.41) is 0. The van der Waals surface area contributed by atoms with Gasteiger partial charge < -0.3 is 9.47 Å². The number of ether oxygens (including phenoxy) is 2. The fraction of sp³-hybridized carbons (Fsp3) is 0.364. The fourth-order valence-electron chi connectivity index (χ4n) is 0.687. The summed E-state index contributed by atoms with van der Waals surface area (Å²) in [5.74, 6) is -2.14. The first-order chi connectivity index (χ1) is 7.57. The Bertz CT molecular complexity index is 303. The minimum Gasteiger partial charge on any atom is -0.459 e. The first-order valence-corrected chi connectivity index (χ1v) is 4.69. The molecule has 0 amide bonds. The maximum absolute atomic E-state index is 10.9. The van der Waals surface area contributed by atoms with E-state index in [2.05, 4.69) is 16.1 Å². The molecular formula is C11H14O5. The van der Waals surface area contributed by atoms with Crippen LogP contribution in [0.3, 0.4) is 0 Å². The lowest BCUT2D eigenvalue weighted by atomic mass is 10.4. The van der Waals surface area contributed by atoms with Crippen LogP contribution in [0, 0.1) is 0 Å². The highest BCUT2D eigenvalue weighted by atomic mass is 16.6. The number of ketones is 1. The molecule has 0 N–H and O–H groups in total. The molecule has 5 heteroatoms. The van der Waals surface area contributed by atoms with Crippen LogP contribution < -0.4 is 0 Å². The SMILES string of the molecule is C=CC/C=C/C(=O)OCCOC(=O)C(C)=O. The third-order valence-corrected chi connectivity index (χ3v) is 1.40. The van der Waals surface area contributed by atoms with E-state index in [0.717, 1.165) is 6.92 Å². The van der Waals surface area contributed by atoms with E-state index in [4.69, 9.17) is 0 Å². The Kier molecular flexibility index (Phi) is 7.40. The molecule has 0 aromatic heterocycles. The third-order valence-electron chi connectivity index (χ3n) is 1.40. The summed E-state index contributed by atoms with van der Waals surface area (Å²) in [5.41, 5.74) is 0. The zero-order valence-electron chi connectivity index (χ0n) is 9.10. The predicted octanol–water partition coefficient (Wildman–Crippen LogP) is 0.794. The normalized spacial score (nSPS) is 9.81. The highest BCUT2D eigenvalue weighted by Gasteiger charge is 2.08. The number of hydrogen-bond donors (Lipinski definition) is 0. The van der Waals surface area contributed by atoms with E-state index in [-0.39, 0.29) is 13.2 Å². The molecule has 0 saturated carbocycles. The van der Waals surface area contributed by atoms with Crippen LogP contribution in [0.15, 0.2) is 24.8 Å².